The maximum absolute atomic E-state index is 12.8. The molecule has 0 N–H and O–H groups in total. The molecule has 0 aliphatic rings. The van der Waals surface area contributed by atoms with Crippen LogP contribution in [0.4, 0.5) is 0 Å². The highest BCUT2D eigenvalue weighted by atomic mass is 16.6. The molecule has 0 rings (SSSR count). The average molecular weight is 851 g/mol. The summed E-state index contributed by atoms with van der Waals surface area (Å²) < 4.78 is 16.7. The van der Waals surface area contributed by atoms with Gasteiger partial charge in [0.2, 0.25) is 0 Å². The number of carbonyl (C=O) groups is 3. The molecule has 0 aromatic carbocycles. The van der Waals surface area contributed by atoms with Crippen molar-refractivity contribution >= 4 is 17.9 Å². The van der Waals surface area contributed by atoms with Crippen molar-refractivity contribution in [2.24, 2.45) is 0 Å². The summed E-state index contributed by atoms with van der Waals surface area (Å²) in [5.74, 6) is -0.988. The van der Waals surface area contributed by atoms with E-state index in [2.05, 4.69) is 93.7 Å². The Morgan fingerprint density at radius 2 is 0.590 bits per heavy atom. The van der Waals surface area contributed by atoms with Gasteiger partial charge in [-0.1, -0.05) is 203 Å². The van der Waals surface area contributed by atoms with Crippen molar-refractivity contribution in [1.82, 2.24) is 0 Å². The highest BCUT2D eigenvalue weighted by Crippen LogP contribution is 2.13. The average Bonchev–Trinajstić information content (AvgIpc) is 3.26. The molecule has 6 nitrogen and oxygen atoms in total. The molecular weight excluding hydrogens is 757 g/mol. The van der Waals surface area contributed by atoms with Gasteiger partial charge in [-0.15, -0.1) is 0 Å². The van der Waals surface area contributed by atoms with Crippen LogP contribution in [0.2, 0.25) is 0 Å². The van der Waals surface area contributed by atoms with Crippen LogP contribution in [0.15, 0.2) is 72.9 Å². The molecule has 0 aromatic heterocycles. The summed E-state index contributed by atoms with van der Waals surface area (Å²) >= 11 is 0. The van der Waals surface area contributed by atoms with Crippen LogP contribution in [0.25, 0.3) is 0 Å². The van der Waals surface area contributed by atoms with Crippen LogP contribution in [-0.4, -0.2) is 37.2 Å². The lowest BCUT2D eigenvalue weighted by Crippen LogP contribution is -2.30. The first kappa shape index (κ1) is 57.9. The molecule has 0 aromatic rings. The normalized spacial score (nSPS) is 12.6. The first-order chi connectivity index (χ1) is 30.0. The monoisotopic (exact) mass is 851 g/mol. The van der Waals surface area contributed by atoms with E-state index in [-0.39, 0.29) is 37.5 Å². The van der Waals surface area contributed by atoms with Gasteiger partial charge in [0.15, 0.2) is 6.10 Å². The third-order valence-electron chi connectivity index (χ3n) is 10.7. The summed E-state index contributed by atoms with van der Waals surface area (Å²) in [4.78, 5) is 37.9. The Hall–Kier alpha value is -3.15. The predicted octanol–water partition coefficient (Wildman–Crippen LogP) is 16.6. The Balaban J connectivity index is 4.49. The summed E-state index contributed by atoms with van der Waals surface area (Å²) in [7, 11) is 0. The van der Waals surface area contributed by atoms with Crippen molar-refractivity contribution in [3.05, 3.63) is 72.9 Å². The van der Waals surface area contributed by atoms with Crippen LogP contribution < -0.4 is 0 Å². The van der Waals surface area contributed by atoms with Gasteiger partial charge in [0.05, 0.1) is 0 Å². The van der Waals surface area contributed by atoms with Crippen molar-refractivity contribution in [2.75, 3.05) is 13.2 Å². The van der Waals surface area contributed by atoms with Crippen molar-refractivity contribution in [3.8, 4) is 0 Å². The number of allylic oxidation sites excluding steroid dienone is 12. The SMILES string of the molecule is CCCC/C=C\C=C/CCCCCC(=O)OCC(COC(=O)CCCCC/C=C\C=C/CCCCCCCCC)OC(=O)CCCCC/C=C\C=C/CCCCCCCCC. The van der Waals surface area contributed by atoms with Crippen LogP contribution in [0.1, 0.15) is 239 Å². The first-order valence-corrected chi connectivity index (χ1v) is 25.5. The maximum atomic E-state index is 12.8. The second kappa shape index (κ2) is 49.5. The molecule has 1 unspecified atom stereocenters. The van der Waals surface area contributed by atoms with Gasteiger partial charge >= 0.3 is 17.9 Å². The quantitative estimate of drug-likeness (QED) is 0.0263. The van der Waals surface area contributed by atoms with E-state index < -0.39 is 6.10 Å². The zero-order chi connectivity index (χ0) is 44.4. The Morgan fingerprint density at radius 3 is 0.918 bits per heavy atom. The minimum absolute atomic E-state index is 0.109. The third-order valence-corrected chi connectivity index (χ3v) is 10.7. The fourth-order valence-electron chi connectivity index (χ4n) is 6.81. The molecule has 61 heavy (non-hydrogen) atoms. The molecule has 0 aliphatic carbocycles. The topological polar surface area (TPSA) is 78.9 Å². The summed E-state index contributed by atoms with van der Waals surface area (Å²) in [5.41, 5.74) is 0. The molecule has 0 bridgehead atoms. The molecule has 0 saturated heterocycles. The Bertz CT molecular complexity index is 1160. The molecule has 0 radical (unpaired) electrons. The van der Waals surface area contributed by atoms with Gasteiger partial charge in [-0.3, -0.25) is 14.4 Å². The van der Waals surface area contributed by atoms with E-state index in [9.17, 15) is 14.4 Å². The van der Waals surface area contributed by atoms with Gasteiger partial charge in [0.1, 0.15) is 13.2 Å². The molecular formula is C55H94O6. The molecule has 0 fully saturated rings. The van der Waals surface area contributed by atoms with Crippen molar-refractivity contribution < 1.29 is 28.6 Å². The van der Waals surface area contributed by atoms with Crippen molar-refractivity contribution in [1.29, 1.82) is 0 Å². The number of unbranched alkanes of at least 4 members (excludes halogenated alkanes) is 25. The van der Waals surface area contributed by atoms with E-state index in [1.807, 2.05) is 0 Å². The van der Waals surface area contributed by atoms with Gasteiger partial charge in [0, 0.05) is 19.3 Å². The van der Waals surface area contributed by atoms with Gasteiger partial charge < -0.3 is 14.2 Å². The zero-order valence-electron chi connectivity index (χ0n) is 39.9. The van der Waals surface area contributed by atoms with Crippen molar-refractivity contribution in [2.45, 2.75) is 245 Å². The van der Waals surface area contributed by atoms with E-state index >= 15 is 0 Å². The van der Waals surface area contributed by atoms with Crippen LogP contribution in [-0.2, 0) is 28.6 Å². The predicted molar refractivity (Wildman–Crippen MR) is 261 cm³/mol. The van der Waals surface area contributed by atoms with E-state index in [1.54, 1.807) is 0 Å². The van der Waals surface area contributed by atoms with E-state index in [4.69, 9.17) is 14.2 Å². The molecule has 350 valence electrons. The highest BCUT2D eigenvalue weighted by Gasteiger charge is 2.19. The Labute approximate surface area is 376 Å². The van der Waals surface area contributed by atoms with Gasteiger partial charge in [-0.2, -0.15) is 0 Å². The fourth-order valence-corrected chi connectivity index (χ4v) is 6.81. The fraction of sp³-hybridized carbons (Fsp3) is 0.727. The minimum Gasteiger partial charge on any atom is -0.462 e. The number of rotatable bonds is 45. The van der Waals surface area contributed by atoms with Crippen LogP contribution in [0.5, 0.6) is 0 Å². The standard InChI is InChI=1S/C55H94O6/c1-4-7-10-13-16-19-22-24-26-28-30-33-36-39-42-45-48-54(57)60-51-52(50-59-53(56)47-44-41-38-35-32-21-18-15-12-9-6-3)61-55(58)49-46-43-40-37-34-31-29-27-25-23-20-17-14-11-8-5-2/h15,18,21,26-34,52H,4-14,16-17,19-20,22-25,35-51H2,1-3H3/b18-15-,28-26-,29-27-,32-21-,33-30-,34-31-. The molecule has 0 saturated carbocycles. The second-order valence-corrected chi connectivity index (χ2v) is 16.8. The Kier molecular flexibility index (Phi) is 46.9. The highest BCUT2D eigenvalue weighted by molar-refractivity contribution is 5.71. The smallest absolute Gasteiger partial charge is 0.306 e. The first-order valence-electron chi connectivity index (χ1n) is 25.5. The zero-order valence-corrected chi connectivity index (χ0v) is 39.9. The largest absolute Gasteiger partial charge is 0.462 e. The van der Waals surface area contributed by atoms with E-state index in [0.29, 0.717) is 12.8 Å². The number of carbonyl (C=O) groups excluding carboxylic acids is 3. The number of esters is 3. The third kappa shape index (κ3) is 47.7. The minimum atomic E-state index is -0.810. The molecule has 1 atom stereocenters. The molecule has 0 heterocycles. The number of hydrogen-bond donors (Lipinski definition) is 0. The molecule has 0 spiro atoms. The molecule has 0 aliphatic heterocycles. The van der Waals surface area contributed by atoms with E-state index in [1.165, 1.54) is 103 Å². The molecule has 6 heteroatoms. The Morgan fingerprint density at radius 1 is 0.328 bits per heavy atom. The van der Waals surface area contributed by atoms with Crippen LogP contribution in [0, 0.1) is 0 Å². The lowest BCUT2D eigenvalue weighted by Gasteiger charge is -2.18. The van der Waals surface area contributed by atoms with Crippen molar-refractivity contribution in [3.63, 3.8) is 0 Å². The summed E-state index contributed by atoms with van der Waals surface area (Å²) in [5, 5.41) is 0. The molecule has 0 amide bonds. The van der Waals surface area contributed by atoms with E-state index in [0.717, 1.165) is 96.3 Å². The van der Waals surface area contributed by atoms with Gasteiger partial charge in [0.25, 0.3) is 0 Å². The second-order valence-electron chi connectivity index (χ2n) is 16.8. The summed E-state index contributed by atoms with van der Waals surface area (Å²) in [6, 6.07) is 0. The lowest BCUT2D eigenvalue weighted by atomic mass is 10.1. The van der Waals surface area contributed by atoms with Crippen LogP contribution in [0.3, 0.4) is 0 Å². The summed E-state index contributed by atoms with van der Waals surface area (Å²) in [6.45, 7) is 6.50. The van der Waals surface area contributed by atoms with Crippen LogP contribution >= 0.6 is 0 Å². The van der Waals surface area contributed by atoms with Gasteiger partial charge in [-0.05, 0) is 89.9 Å². The maximum Gasteiger partial charge on any atom is 0.306 e. The number of hydrogen-bond acceptors (Lipinski definition) is 6. The van der Waals surface area contributed by atoms with Gasteiger partial charge in [-0.25, -0.2) is 0 Å². The lowest BCUT2D eigenvalue weighted by molar-refractivity contribution is -0.167. The number of ether oxygens (including phenoxy) is 3. The summed E-state index contributed by atoms with van der Waals surface area (Å²) in [6.07, 6.45) is 61.8.